The number of fused-ring (bicyclic) bond motifs is 3. The molecule has 0 unspecified atom stereocenters. The third-order valence-corrected chi connectivity index (χ3v) is 7.03. The van der Waals surface area contributed by atoms with Gasteiger partial charge < -0.3 is 19.5 Å². The highest BCUT2D eigenvalue weighted by atomic mass is 19.1. The summed E-state index contributed by atoms with van der Waals surface area (Å²) < 4.78 is 31.0. The van der Waals surface area contributed by atoms with Crippen molar-refractivity contribution in [3.8, 4) is 11.6 Å². The normalized spacial score (nSPS) is 21.5. The van der Waals surface area contributed by atoms with E-state index >= 15 is 0 Å². The average molecular weight is 509 g/mol. The van der Waals surface area contributed by atoms with Gasteiger partial charge in [-0.05, 0) is 37.6 Å². The van der Waals surface area contributed by atoms with Crippen LogP contribution in [0.2, 0.25) is 0 Å². The number of likely N-dealkylation sites (tertiary alicyclic amines) is 1. The highest BCUT2D eigenvalue weighted by Gasteiger charge is 2.40. The second kappa shape index (κ2) is 9.43. The molecule has 3 aliphatic heterocycles. The topological polar surface area (TPSA) is 119 Å². The predicted octanol–water partition coefficient (Wildman–Crippen LogP) is 2.39. The number of aromatic nitrogens is 3. The number of hydrogen-bond acceptors (Lipinski definition) is 9. The lowest BCUT2D eigenvalue weighted by Gasteiger charge is -2.43. The summed E-state index contributed by atoms with van der Waals surface area (Å²) >= 11 is 0. The quantitative estimate of drug-likeness (QED) is 0.554. The molecular formula is C25H25FN6O5. The molecule has 3 aliphatic rings. The lowest BCUT2D eigenvalue weighted by atomic mass is 9.91. The summed E-state index contributed by atoms with van der Waals surface area (Å²) in [5.74, 6) is 1.00. The molecule has 0 aliphatic carbocycles. The van der Waals surface area contributed by atoms with Crippen LogP contribution in [0.1, 0.15) is 12.0 Å². The number of piperidine rings is 1. The molecule has 37 heavy (non-hydrogen) atoms. The summed E-state index contributed by atoms with van der Waals surface area (Å²) in [5, 5.41) is 2.66. The standard InChI is InChI=1S/C25H25FN6O5/c1-35-22-5-2-17-23(30-22)15(16(26)10-27-17)7-9-31-8-6-14-11-32(25(34)37-19(14)12-31)20-4-3-18-24(28-20)29-21(33)13-36-18/h2-5,10,14,19H,6-9,11-13H2,1H3,(H,28,29,33)/t14-,19+/m1/s1. The van der Waals surface area contributed by atoms with Crippen molar-refractivity contribution < 1.29 is 28.2 Å². The first kappa shape index (κ1) is 23.3. The third kappa shape index (κ3) is 4.48. The Balaban J connectivity index is 1.12. The minimum atomic E-state index is -0.485. The molecule has 11 nitrogen and oxygen atoms in total. The molecule has 2 fully saturated rings. The van der Waals surface area contributed by atoms with E-state index in [9.17, 15) is 14.0 Å². The second-order valence-corrected chi connectivity index (χ2v) is 9.29. The van der Waals surface area contributed by atoms with E-state index in [-0.39, 0.29) is 24.5 Å². The number of nitrogens with one attached hydrogen (secondary N) is 1. The van der Waals surface area contributed by atoms with Crippen LogP contribution in [0.15, 0.2) is 30.5 Å². The van der Waals surface area contributed by atoms with Gasteiger partial charge in [0.05, 0.1) is 24.3 Å². The SMILES string of the molecule is COc1ccc2ncc(F)c(CCN3CC[C@@H]4CN(c5ccc6c(n5)NC(=O)CO6)C(=O)O[C@H]4C3)c2n1. The van der Waals surface area contributed by atoms with Gasteiger partial charge in [0.25, 0.3) is 5.91 Å². The number of carbonyl (C=O) groups excluding carboxylic acids is 2. The molecule has 192 valence electrons. The maximum Gasteiger partial charge on any atom is 0.415 e. The van der Waals surface area contributed by atoms with Crippen LogP contribution in [0, 0.1) is 11.7 Å². The van der Waals surface area contributed by atoms with Gasteiger partial charge >= 0.3 is 6.09 Å². The van der Waals surface area contributed by atoms with Gasteiger partial charge in [-0.1, -0.05) is 0 Å². The van der Waals surface area contributed by atoms with Crippen molar-refractivity contribution in [3.63, 3.8) is 0 Å². The van der Waals surface area contributed by atoms with Crippen LogP contribution >= 0.6 is 0 Å². The van der Waals surface area contributed by atoms with Crippen LogP contribution in [-0.4, -0.2) is 77.9 Å². The molecule has 6 heterocycles. The number of hydrogen-bond donors (Lipinski definition) is 1. The number of rotatable bonds is 5. The molecule has 6 rings (SSSR count). The van der Waals surface area contributed by atoms with Crippen LogP contribution in [0.25, 0.3) is 11.0 Å². The van der Waals surface area contributed by atoms with Crippen molar-refractivity contribution in [1.82, 2.24) is 19.9 Å². The molecule has 3 aromatic heterocycles. The average Bonchev–Trinajstić information content (AvgIpc) is 2.91. The number of methoxy groups -OCH3 is 1. The van der Waals surface area contributed by atoms with E-state index in [1.54, 1.807) is 24.3 Å². The lowest BCUT2D eigenvalue weighted by Crippen LogP contribution is -2.56. The zero-order chi connectivity index (χ0) is 25.5. The molecular weight excluding hydrogens is 483 g/mol. The Morgan fingerprint density at radius 2 is 2.08 bits per heavy atom. The number of pyridine rings is 3. The number of halogens is 1. The number of ether oxygens (including phenoxy) is 3. The molecule has 0 saturated carbocycles. The highest BCUT2D eigenvalue weighted by Crippen LogP contribution is 2.33. The van der Waals surface area contributed by atoms with Crippen LogP contribution < -0.4 is 19.7 Å². The van der Waals surface area contributed by atoms with Gasteiger partial charge in [0.15, 0.2) is 18.2 Å². The van der Waals surface area contributed by atoms with Crippen molar-refractivity contribution in [3.05, 3.63) is 41.8 Å². The molecule has 1 N–H and O–H groups in total. The fourth-order valence-electron chi connectivity index (χ4n) is 5.07. The van der Waals surface area contributed by atoms with Crippen molar-refractivity contribution in [1.29, 1.82) is 0 Å². The van der Waals surface area contributed by atoms with E-state index in [1.807, 2.05) is 0 Å². The summed E-state index contributed by atoms with van der Waals surface area (Å²) in [5.41, 5.74) is 1.60. The Kier molecular flexibility index (Phi) is 5.95. The second-order valence-electron chi connectivity index (χ2n) is 9.29. The van der Waals surface area contributed by atoms with Crippen LogP contribution in [0.4, 0.5) is 20.8 Å². The minimum absolute atomic E-state index is 0.0607. The highest BCUT2D eigenvalue weighted by molar-refractivity contribution is 5.95. The van der Waals surface area contributed by atoms with Gasteiger partial charge in [0.1, 0.15) is 17.7 Å². The van der Waals surface area contributed by atoms with Crippen molar-refractivity contribution >= 4 is 34.7 Å². The van der Waals surface area contributed by atoms with Gasteiger partial charge in [-0.25, -0.2) is 19.2 Å². The molecule has 0 radical (unpaired) electrons. The predicted molar refractivity (Wildman–Crippen MR) is 130 cm³/mol. The van der Waals surface area contributed by atoms with E-state index < -0.39 is 11.9 Å². The Morgan fingerprint density at radius 3 is 2.95 bits per heavy atom. The molecule has 0 bridgehead atoms. The van der Waals surface area contributed by atoms with Crippen molar-refractivity contribution in [2.24, 2.45) is 5.92 Å². The molecule has 0 aromatic carbocycles. The van der Waals surface area contributed by atoms with Crippen LogP contribution in [0.5, 0.6) is 11.6 Å². The van der Waals surface area contributed by atoms with Gasteiger partial charge in [-0.3, -0.25) is 19.6 Å². The minimum Gasteiger partial charge on any atom is -0.481 e. The van der Waals surface area contributed by atoms with Gasteiger partial charge in [0.2, 0.25) is 5.88 Å². The number of anilines is 2. The largest absolute Gasteiger partial charge is 0.481 e. The monoisotopic (exact) mass is 508 g/mol. The van der Waals surface area contributed by atoms with E-state index in [4.69, 9.17) is 14.2 Å². The Hall–Kier alpha value is -4.06. The molecule has 0 spiro atoms. The fraction of sp³-hybridized carbons (Fsp3) is 0.400. The Morgan fingerprint density at radius 1 is 1.19 bits per heavy atom. The first-order chi connectivity index (χ1) is 18.0. The first-order valence-electron chi connectivity index (χ1n) is 12.1. The molecule has 2 saturated heterocycles. The molecule has 12 heteroatoms. The van der Waals surface area contributed by atoms with E-state index in [2.05, 4.69) is 25.2 Å². The summed E-state index contributed by atoms with van der Waals surface area (Å²) in [6, 6.07) is 6.84. The maximum atomic E-state index is 14.7. The number of carbonyl (C=O) groups is 2. The third-order valence-electron chi connectivity index (χ3n) is 7.03. The van der Waals surface area contributed by atoms with Gasteiger partial charge in [-0.15, -0.1) is 0 Å². The summed E-state index contributed by atoms with van der Waals surface area (Å²) in [6.45, 7) is 2.34. The van der Waals surface area contributed by atoms with Crippen molar-refractivity contribution in [2.75, 3.05) is 50.1 Å². The lowest BCUT2D eigenvalue weighted by molar-refractivity contribution is -0.118. The summed E-state index contributed by atoms with van der Waals surface area (Å²) in [6.07, 6.45) is 1.72. The van der Waals surface area contributed by atoms with Gasteiger partial charge in [0, 0.05) is 37.2 Å². The Labute approximate surface area is 211 Å². The molecule has 2 atom stereocenters. The maximum absolute atomic E-state index is 14.7. The van der Waals surface area contributed by atoms with E-state index in [1.165, 1.54) is 18.2 Å². The number of nitrogens with zero attached hydrogens (tertiary/aromatic N) is 5. The summed E-state index contributed by atoms with van der Waals surface area (Å²) in [4.78, 5) is 41.1. The smallest absolute Gasteiger partial charge is 0.415 e. The molecule has 2 amide bonds. The zero-order valence-corrected chi connectivity index (χ0v) is 20.1. The van der Waals surface area contributed by atoms with Crippen LogP contribution in [-0.2, 0) is 16.0 Å². The Bertz CT molecular complexity index is 1390. The summed E-state index contributed by atoms with van der Waals surface area (Å²) in [7, 11) is 1.52. The number of amides is 2. The van der Waals surface area contributed by atoms with Crippen LogP contribution in [0.3, 0.4) is 0 Å². The first-order valence-corrected chi connectivity index (χ1v) is 12.1. The van der Waals surface area contributed by atoms with Crippen molar-refractivity contribution in [2.45, 2.75) is 18.9 Å². The van der Waals surface area contributed by atoms with E-state index in [0.29, 0.717) is 65.9 Å². The van der Waals surface area contributed by atoms with E-state index in [0.717, 1.165) is 13.0 Å². The molecule has 3 aromatic rings. The fourth-order valence-corrected chi connectivity index (χ4v) is 5.07. The van der Waals surface area contributed by atoms with Gasteiger partial charge in [-0.2, -0.15) is 0 Å². The zero-order valence-electron chi connectivity index (χ0n) is 20.1.